The molecule has 1 amide bonds. The van der Waals surface area contributed by atoms with Crippen molar-refractivity contribution in [2.45, 2.75) is 5.92 Å². The minimum absolute atomic E-state index is 0.123. The first-order valence-corrected chi connectivity index (χ1v) is 10.4. The molecular formula is C26H20N4O3. The number of fused-ring (bicyclic) bond motifs is 1. The molecule has 2 N–H and O–H groups in total. The number of hydrogen-bond acceptors (Lipinski definition) is 4. The number of aliphatic imine (C=N–C) groups is 1. The predicted octanol–water partition coefficient (Wildman–Crippen LogP) is 4.64. The maximum atomic E-state index is 13.0. The topological polar surface area (TPSA) is 96.6 Å². The number of carbonyl (C=O) groups excluding carboxylic acids is 1. The van der Waals surface area contributed by atoms with E-state index >= 15 is 0 Å². The summed E-state index contributed by atoms with van der Waals surface area (Å²) in [5, 5.41) is 12.1. The second kappa shape index (κ2) is 8.20. The number of nitrogens with zero attached hydrogens (tertiary/aromatic N) is 3. The number of aromatic carboxylic acids is 1. The van der Waals surface area contributed by atoms with Gasteiger partial charge in [0.1, 0.15) is 11.7 Å². The molecule has 1 atom stereocenters. The van der Waals surface area contributed by atoms with E-state index in [0.717, 1.165) is 17.0 Å². The summed E-state index contributed by atoms with van der Waals surface area (Å²) < 4.78 is 1.94. The van der Waals surface area contributed by atoms with Crippen molar-refractivity contribution in [3.8, 4) is 11.4 Å². The van der Waals surface area contributed by atoms with E-state index in [0.29, 0.717) is 22.6 Å². The van der Waals surface area contributed by atoms with Crippen molar-refractivity contribution in [3.63, 3.8) is 0 Å². The lowest BCUT2D eigenvalue weighted by molar-refractivity contribution is -0.115. The van der Waals surface area contributed by atoms with Crippen LogP contribution >= 0.6 is 0 Å². The maximum absolute atomic E-state index is 13.0. The molecule has 1 unspecified atom stereocenters. The van der Waals surface area contributed by atoms with E-state index in [-0.39, 0.29) is 11.5 Å². The van der Waals surface area contributed by atoms with Gasteiger partial charge in [0.05, 0.1) is 17.0 Å². The van der Waals surface area contributed by atoms with Gasteiger partial charge in [-0.1, -0.05) is 36.4 Å². The van der Waals surface area contributed by atoms with E-state index in [1.807, 2.05) is 72.4 Å². The van der Waals surface area contributed by atoms with Gasteiger partial charge in [-0.25, -0.2) is 9.78 Å². The first kappa shape index (κ1) is 20.4. The van der Waals surface area contributed by atoms with Crippen molar-refractivity contribution < 1.29 is 14.7 Å². The van der Waals surface area contributed by atoms with Crippen LogP contribution in [-0.4, -0.2) is 32.2 Å². The van der Waals surface area contributed by atoms with Gasteiger partial charge in [0.15, 0.2) is 0 Å². The van der Waals surface area contributed by atoms with Crippen molar-refractivity contribution in [2.24, 2.45) is 12.0 Å². The van der Waals surface area contributed by atoms with Gasteiger partial charge in [-0.05, 0) is 47.5 Å². The van der Waals surface area contributed by atoms with Crippen LogP contribution in [0.4, 0.5) is 11.4 Å². The molecule has 0 radical (unpaired) electrons. The molecule has 1 aliphatic heterocycles. The highest BCUT2D eigenvalue weighted by molar-refractivity contribution is 6.24. The van der Waals surface area contributed by atoms with Crippen molar-refractivity contribution in [1.82, 2.24) is 9.55 Å². The molecule has 3 aromatic carbocycles. The highest BCUT2D eigenvalue weighted by Gasteiger charge is 2.35. The number of imidazole rings is 1. The summed E-state index contributed by atoms with van der Waals surface area (Å²) in [6.45, 7) is 0. The number of nitrogens with one attached hydrogen (secondary N) is 1. The summed E-state index contributed by atoms with van der Waals surface area (Å²) in [5.41, 5.74) is 4.41. The molecule has 4 aromatic rings. The summed E-state index contributed by atoms with van der Waals surface area (Å²) in [6, 6.07) is 21.9. The first-order chi connectivity index (χ1) is 16.0. The third kappa shape index (κ3) is 3.80. The Morgan fingerprint density at radius 2 is 1.79 bits per heavy atom. The molecule has 5 rings (SSSR count). The molecule has 0 saturated heterocycles. The lowest BCUT2D eigenvalue weighted by Crippen LogP contribution is -2.21. The van der Waals surface area contributed by atoms with E-state index in [1.54, 1.807) is 12.3 Å². The lowest BCUT2D eigenvalue weighted by Gasteiger charge is -2.14. The Kier molecular flexibility index (Phi) is 5.06. The van der Waals surface area contributed by atoms with Crippen molar-refractivity contribution >= 4 is 29.0 Å². The zero-order valence-corrected chi connectivity index (χ0v) is 17.8. The van der Waals surface area contributed by atoms with Crippen LogP contribution < -0.4 is 5.32 Å². The number of aromatic nitrogens is 2. The summed E-state index contributed by atoms with van der Waals surface area (Å²) in [4.78, 5) is 33.6. The van der Waals surface area contributed by atoms with Gasteiger partial charge in [0.25, 0.3) is 0 Å². The molecule has 162 valence electrons. The van der Waals surface area contributed by atoms with Crippen LogP contribution in [0.2, 0.25) is 0 Å². The molecule has 1 aromatic heterocycles. The monoisotopic (exact) mass is 436 g/mol. The molecule has 1 aliphatic rings. The quantitative estimate of drug-likeness (QED) is 0.446. The zero-order chi connectivity index (χ0) is 22.9. The Hall–Kier alpha value is -4.52. The van der Waals surface area contributed by atoms with Crippen LogP contribution in [0.1, 0.15) is 27.4 Å². The average Bonchev–Trinajstić information content (AvgIpc) is 3.40. The van der Waals surface area contributed by atoms with Crippen molar-refractivity contribution in [3.05, 3.63) is 102 Å². The maximum Gasteiger partial charge on any atom is 0.335 e. The Bertz CT molecular complexity index is 1390. The molecular weight excluding hydrogens is 416 g/mol. The van der Waals surface area contributed by atoms with Gasteiger partial charge in [0.2, 0.25) is 5.91 Å². The van der Waals surface area contributed by atoms with Crippen LogP contribution in [0.5, 0.6) is 0 Å². The van der Waals surface area contributed by atoms with Gasteiger partial charge in [-0.2, -0.15) is 0 Å². The van der Waals surface area contributed by atoms with Crippen LogP contribution in [0.25, 0.3) is 11.4 Å². The highest BCUT2D eigenvalue weighted by Crippen LogP contribution is 2.37. The summed E-state index contributed by atoms with van der Waals surface area (Å²) in [5.74, 6) is -1.08. The molecule has 0 bridgehead atoms. The average molecular weight is 436 g/mol. The van der Waals surface area contributed by atoms with Crippen LogP contribution in [0.3, 0.4) is 0 Å². The highest BCUT2D eigenvalue weighted by atomic mass is 16.4. The molecule has 7 nitrogen and oxygen atoms in total. The summed E-state index contributed by atoms with van der Waals surface area (Å²) in [6.07, 6.45) is 3.64. The molecule has 0 aliphatic carbocycles. The van der Waals surface area contributed by atoms with E-state index in [1.165, 1.54) is 12.1 Å². The minimum Gasteiger partial charge on any atom is -0.478 e. The number of hydrogen-bond donors (Lipinski definition) is 2. The molecule has 0 spiro atoms. The molecule has 2 heterocycles. The standard InChI is InChI=1S/C26H20N4O3/c1-30-14-13-27-24(30)17-7-10-19(11-8-17)28-23(16-5-3-2-4-6-16)22-20-12-9-18(26(32)33)15-21(20)29-25(22)31/h2-15,22H,1H3,(H,29,31)(H,32,33). The molecule has 0 saturated carbocycles. The first-order valence-electron chi connectivity index (χ1n) is 10.4. The lowest BCUT2D eigenvalue weighted by atomic mass is 9.90. The number of rotatable bonds is 5. The molecule has 0 fully saturated rings. The normalized spacial score (nSPS) is 15.2. The Balaban J connectivity index is 1.58. The Labute approximate surface area is 190 Å². The van der Waals surface area contributed by atoms with E-state index in [4.69, 9.17) is 4.99 Å². The number of carboxylic acid groups (broad SMARTS) is 1. The number of carbonyl (C=O) groups is 2. The minimum atomic E-state index is -1.04. The van der Waals surface area contributed by atoms with E-state index < -0.39 is 11.9 Å². The number of aryl methyl sites for hydroxylation is 1. The van der Waals surface area contributed by atoms with Gasteiger partial charge in [-0.15, -0.1) is 0 Å². The van der Waals surface area contributed by atoms with Crippen LogP contribution in [-0.2, 0) is 11.8 Å². The van der Waals surface area contributed by atoms with Crippen molar-refractivity contribution in [1.29, 1.82) is 0 Å². The summed E-state index contributed by atoms with van der Waals surface area (Å²) in [7, 11) is 1.94. The third-order valence-corrected chi connectivity index (χ3v) is 5.67. The van der Waals surface area contributed by atoms with E-state index in [9.17, 15) is 14.7 Å². The number of anilines is 1. The second-order valence-corrected chi connectivity index (χ2v) is 7.80. The number of benzene rings is 3. The fourth-order valence-corrected chi connectivity index (χ4v) is 4.04. The Morgan fingerprint density at radius 3 is 2.45 bits per heavy atom. The molecule has 7 heteroatoms. The van der Waals surface area contributed by atoms with Gasteiger partial charge < -0.3 is 15.0 Å². The van der Waals surface area contributed by atoms with Crippen LogP contribution in [0, 0.1) is 0 Å². The fraction of sp³-hybridized carbons (Fsp3) is 0.0769. The number of amides is 1. The molecule has 33 heavy (non-hydrogen) atoms. The van der Waals surface area contributed by atoms with Gasteiger partial charge in [0, 0.05) is 30.7 Å². The summed E-state index contributed by atoms with van der Waals surface area (Å²) >= 11 is 0. The predicted molar refractivity (Wildman–Crippen MR) is 126 cm³/mol. The zero-order valence-electron chi connectivity index (χ0n) is 17.8. The third-order valence-electron chi connectivity index (χ3n) is 5.67. The SMILES string of the molecule is Cn1ccnc1-c1ccc(N=C(c2ccccc2)C2C(=O)Nc3cc(C(=O)O)ccc32)cc1. The Morgan fingerprint density at radius 1 is 1.03 bits per heavy atom. The van der Waals surface area contributed by atoms with Crippen LogP contribution in [0.15, 0.2) is 90.2 Å². The number of carboxylic acids is 1. The fourth-order valence-electron chi connectivity index (χ4n) is 4.04. The van der Waals surface area contributed by atoms with Gasteiger partial charge in [-0.3, -0.25) is 9.79 Å². The van der Waals surface area contributed by atoms with Crippen molar-refractivity contribution in [2.75, 3.05) is 5.32 Å². The smallest absolute Gasteiger partial charge is 0.335 e. The second-order valence-electron chi connectivity index (χ2n) is 7.80. The van der Waals surface area contributed by atoms with Gasteiger partial charge >= 0.3 is 5.97 Å². The largest absolute Gasteiger partial charge is 0.478 e. The van der Waals surface area contributed by atoms with E-state index in [2.05, 4.69) is 10.3 Å².